The minimum Gasteiger partial charge on any atom is -0.468 e. The maximum absolute atomic E-state index is 14.2. The first-order valence-electron chi connectivity index (χ1n) is 13.7. The lowest BCUT2D eigenvalue weighted by molar-refractivity contribution is -0.182. The van der Waals surface area contributed by atoms with E-state index in [-0.39, 0.29) is 50.7 Å². The summed E-state index contributed by atoms with van der Waals surface area (Å²) in [4.78, 5) is 39.9. The molecule has 4 heteroatoms. The number of methoxy groups -OCH3 is 1. The Balaban J connectivity index is 1.67. The zero-order chi connectivity index (χ0) is 25.8. The number of fused-ring (bicyclic) bond motifs is 7. The molecule has 0 heterocycles. The smallest absolute Gasteiger partial charge is 0.315 e. The number of Topliss-reactive ketones (excluding diaryl/α,β-unsaturated/α-hetero) is 1. The average molecular weight is 481 g/mol. The molecule has 5 aliphatic rings. The van der Waals surface area contributed by atoms with Gasteiger partial charge in [-0.1, -0.05) is 47.6 Å². The Morgan fingerprint density at radius 1 is 0.886 bits per heavy atom. The third-order valence-electron chi connectivity index (χ3n) is 12.4. The van der Waals surface area contributed by atoms with Crippen molar-refractivity contribution in [3.8, 4) is 0 Å². The van der Waals surface area contributed by atoms with Crippen LogP contribution in [0, 0.1) is 44.3 Å². The van der Waals surface area contributed by atoms with Crippen molar-refractivity contribution in [2.75, 3.05) is 7.11 Å². The molecule has 0 saturated heterocycles. The maximum atomic E-state index is 14.2. The number of hydrogen-bond acceptors (Lipinski definition) is 4. The van der Waals surface area contributed by atoms with Gasteiger partial charge in [0, 0.05) is 17.8 Å². The lowest BCUT2D eigenvalue weighted by atomic mass is 9.34. The van der Waals surface area contributed by atoms with E-state index in [0.717, 1.165) is 44.9 Å². The first kappa shape index (κ1) is 25.0. The van der Waals surface area contributed by atoms with E-state index >= 15 is 0 Å². The van der Waals surface area contributed by atoms with Crippen molar-refractivity contribution in [3.63, 3.8) is 0 Å². The van der Waals surface area contributed by atoms with Crippen LogP contribution in [-0.4, -0.2) is 24.6 Å². The van der Waals surface area contributed by atoms with Gasteiger partial charge in [0.1, 0.15) is 5.78 Å². The van der Waals surface area contributed by atoms with Crippen LogP contribution in [0.15, 0.2) is 23.3 Å². The summed E-state index contributed by atoms with van der Waals surface area (Å²) in [6, 6.07) is 0. The molecule has 0 aliphatic heterocycles. The van der Waals surface area contributed by atoms with Crippen molar-refractivity contribution < 1.29 is 19.1 Å². The third kappa shape index (κ3) is 2.95. The van der Waals surface area contributed by atoms with Crippen LogP contribution < -0.4 is 0 Å². The molecule has 5 aliphatic carbocycles. The molecule has 192 valence electrons. The summed E-state index contributed by atoms with van der Waals surface area (Å²) >= 11 is 0. The van der Waals surface area contributed by atoms with Crippen molar-refractivity contribution in [3.05, 3.63) is 23.3 Å². The average Bonchev–Trinajstić information content (AvgIpc) is 2.78. The molecule has 3 saturated carbocycles. The van der Waals surface area contributed by atoms with Gasteiger partial charge in [-0.3, -0.25) is 14.4 Å². The van der Waals surface area contributed by atoms with Crippen molar-refractivity contribution in [2.24, 2.45) is 44.3 Å². The van der Waals surface area contributed by atoms with Crippen LogP contribution in [0.25, 0.3) is 0 Å². The Morgan fingerprint density at radius 2 is 1.54 bits per heavy atom. The predicted molar refractivity (Wildman–Crippen MR) is 136 cm³/mol. The number of hydrogen-bond donors (Lipinski definition) is 0. The number of carbonyl (C=O) groups is 3. The van der Waals surface area contributed by atoms with Crippen molar-refractivity contribution in [2.45, 2.75) is 99.8 Å². The third-order valence-corrected chi connectivity index (χ3v) is 12.4. The Hall–Kier alpha value is -1.71. The van der Waals surface area contributed by atoms with E-state index in [1.54, 1.807) is 0 Å². The molecule has 0 unspecified atom stereocenters. The largest absolute Gasteiger partial charge is 0.468 e. The molecule has 5 rings (SSSR count). The van der Waals surface area contributed by atoms with Crippen molar-refractivity contribution in [1.82, 2.24) is 0 Å². The molecular formula is C31H44O4. The van der Waals surface area contributed by atoms with Gasteiger partial charge < -0.3 is 4.74 Å². The summed E-state index contributed by atoms with van der Waals surface area (Å²) < 4.78 is 5.20. The number of ketones is 2. The van der Waals surface area contributed by atoms with Crippen molar-refractivity contribution >= 4 is 17.5 Å². The summed E-state index contributed by atoms with van der Waals surface area (Å²) in [6.07, 6.45) is 11.3. The van der Waals surface area contributed by atoms with E-state index in [0.29, 0.717) is 12.2 Å². The fourth-order valence-corrected chi connectivity index (χ4v) is 9.79. The van der Waals surface area contributed by atoms with Gasteiger partial charge >= 0.3 is 5.97 Å². The second-order valence-electron chi connectivity index (χ2n) is 14.4. The van der Waals surface area contributed by atoms with Crippen LogP contribution in [0.2, 0.25) is 0 Å². The van der Waals surface area contributed by atoms with Gasteiger partial charge in [-0.25, -0.2) is 0 Å². The van der Waals surface area contributed by atoms with Crippen LogP contribution in [0.5, 0.6) is 0 Å². The number of esters is 1. The molecule has 0 spiro atoms. The first-order valence-corrected chi connectivity index (χ1v) is 13.7. The molecule has 35 heavy (non-hydrogen) atoms. The topological polar surface area (TPSA) is 60.4 Å². The molecule has 3 fully saturated rings. The number of rotatable bonds is 1. The van der Waals surface area contributed by atoms with E-state index < -0.39 is 5.41 Å². The van der Waals surface area contributed by atoms with Gasteiger partial charge in [0.25, 0.3) is 0 Å². The fraction of sp³-hybridized carbons (Fsp3) is 0.774. The van der Waals surface area contributed by atoms with Crippen LogP contribution in [0.3, 0.4) is 0 Å². The van der Waals surface area contributed by atoms with Crippen LogP contribution in [0.4, 0.5) is 0 Å². The van der Waals surface area contributed by atoms with Gasteiger partial charge in [-0.05, 0) is 96.7 Å². The lowest BCUT2D eigenvalue weighted by Gasteiger charge is -2.68. The highest BCUT2D eigenvalue weighted by Gasteiger charge is 2.69. The van der Waals surface area contributed by atoms with Crippen molar-refractivity contribution in [1.29, 1.82) is 0 Å². The quantitative estimate of drug-likeness (QED) is 0.395. The molecule has 0 radical (unpaired) electrons. The summed E-state index contributed by atoms with van der Waals surface area (Å²) in [7, 11) is 1.47. The highest BCUT2D eigenvalue weighted by atomic mass is 16.5. The molecule has 0 aromatic carbocycles. The zero-order valence-electron chi connectivity index (χ0n) is 23.1. The highest BCUT2D eigenvalue weighted by molar-refractivity contribution is 5.97. The maximum Gasteiger partial charge on any atom is 0.315 e. The molecule has 0 aromatic heterocycles. The second kappa shape index (κ2) is 7.19. The molecule has 0 amide bonds. The molecule has 4 nitrogen and oxygen atoms in total. The summed E-state index contributed by atoms with van der Waals surface area (Å²) in [6.45, 7) is 15.6. The van der Waals surface area contributed by atoms with E-state index in [9.17, 15) is 14.4 Å². The monoisotopic (exact) mass is 480 g/mol. The molecule has 0 bridgehead atoms. The Bertz CT molecular complexity index is 1080. The second-order valence-corrected chi connectivity index (χ2v) is 14.4. The zero-order valence-corrected chi connectivity index (χ0v) is 23.1. The van der Waals surface area contributed by atoms with E-state index in [2.05, 4.69) is 47.6 Å². The predicted octanol–water partition coefficient (Wildman–Crippen LogP) is 6.63. The minimum atomic E-state index is -0.652. The summed E-state index contributed by atoms with van der Waals surface area (Å²) in [5.41, 5.74) is 0.877. The van der Waals surface area contributed by atoms with Gasteiger partial charge in [-0.2, -0.15) is 0 Å². The number of allylic oxidation sites excluding steroid dienone is 3. The normalized spacial score (nSPS) is 48.5. The minimum absolute atomic E-state index is 0.0112. The van der Waals surface area contributed by atoms with Gasteiger partial charge in [-0.15, -0.1) is 0 Å². The van der Waals surface area contributed by atoms with E-state index in [1.165, 1.54) is 18.3 Å². The lowest BCUT2D eigenvalue weighted by Crippen LogP contribution is -2.65. The SMILES string of the molecule is COC(=O)[C@]1(C)C=C2C3=CC(=O)[C@@H]4[C@@]5(C)CCC(=O)C(C)(C)[C@@H]5CC[C@@]4(C)[C@@]3(C)CC[C@@]2(C)CC1. The van der Waals surface area contributed by atoms with Crippen LogP contribution in [0.1, 0.15) is 99.8 Å². The molecule has 7 atom stereocenters. The van der Waals surface area contributed by atoms with Gasteiger partial charge in [0.05, 0.1) is 12.5 Å². The Labute approximate surface area is 211 Å². The first-order chi connectivity index (χ1) is 16.1. The molecule has 0 aromatic rings. The molecule has 0 N–H and O–H groups in total. The Kier molecular flexibility index (Phi) is 5.13. The standard InChI is InChI=1S/C31H44O4/c1-26(2)22-9-12-31(7)24(29(22,5)11-10-23(26)33)21(32)17-19-20-18-28(4,25(34)35-8)14-13-27(20,3)15-16-30(19,31)6/h17-18,22,24H,9-16H2,1-8H3/t22-,24+,27+,28-,29-,30-,31+/m0/s1. The van der Waals surface area contributed by atoms with E-state index in [1.807, 2.05) is 13.0 Å². The van der Waals surface area contributed by atoms with Crippen LogP contribution in [-0.2, 0) is 19.1 Å². The fourth-order valence-electron chi connectivity index (χ4n) is 9.79. The van der Waals surface area contributed by atoms with E-state index in [4.69, 9.17) is 4.74 Å². The molecular weight excluding hydrogens is 436 g/mol. The van der Waals surface area contributed by atoms with Gasteiger partial charge in [0.2, 0.25) is 0 Å². The highest BCUT2D eigenvalue weighted by Crippen LogP contribution is 2.74. The van der Waals surface area contributed by atoms with Gasteiger partial charge in [0.15, 0.2) is 5.78 Å². The van der Waals surface area contributed by atoms with Crippen LogP contribution >= 0.6 is 0 Å². The number of ether oxygens (including phenoxy) is 1. The Morgan fingerprint density at radius 3 is 2.20 bits per heavy atom. The summed E-state index contributed by atoms with van der Waals surface area (Å²) in [5, 5.41) is 0. The summed E-state index contributed by atoms with van der Waals surface area (Å²) in [5.74, 6) is 0.580. The number of carbonyl (C=O) groups excluding carboxylic acids is 3.